The smallest absolute Gasteiger partial charge is 0.265 e. The van der Waals surface area contributed by atoms with Crippen LogP contribution in [0.15, 0.2) is 11.4 Å². The van der Waals surface area contributed by atoms with E-state index in [-0.39, 0.29) is 11.9 Å². The maximum atomic E-state index is 12.3. The molecule has 2 N–H and O–H groups in total. The summed E-state index contributed by atoms with van der Waals surface area (Å²) in [6.07, 6.45) is 0. The molecule has 4 nitrogen and oxygen atoms in total. The Balaban J connectivity index is 1.95. The third kappa shape index (κ3) is 3.25. The minimum atomic E-state index is 0.0163. The summed E-state index contributed by atoms with van der Waals surface area (Å²) in [5, 5.41) is 2.37. The van der Waals surface area contributed by atoms with Crippen molar-refractivity contribution in [1.29, 1.82) is 0 Å². The number of hydrogen-bond acceptors (Lipinski definition) is 4. The van der Waals surface area contributed by atoms with Gasteiger partial charge < -0.3 is 10.6 Å². The number of thiocarbonyl (C=S) groups is 1. The number of rotatable bonds is 3. The van der Waals surface area contributed by atoms with Gasteiger partial charge >= 0.3 is 0 Å². The van der Waals surface area contributed by atoms with Crippen molar-refractivity contribution in [1.82, 2.24) is 9.80 Å². The minimum absolute atomic E-state index is 0.0163. The Morgan fingerprint density at radius 3 is 2.58 bits per heavy atom. The maximum Gasteiger partial charge on any atom is 0.265 e. The number of nitrogens with zero attached hydrogens (tertiary/aromatic N) is 2. The van der Waals surface area contributed by atoms with E-state index in [1.165, 1.54) is 11.3 Å². The average Bonchev–Trinajstić information content (AvgIpc) is 2.83. The van der Waals surface area contributed by atoms with Crippen LogP contribution in [-0.4, -0.2) is 52.9 Å². The molecule has 1 aromatic heterocycles. The van der Waals surface area contributed by atoms with Gasteiger partial charge in [-0.2, -0.15) is 0 Å². The van der Waals surface area contributed by atoms with E-state index in [4.69, 9.17) is 29.6 Å². The highest BCUT2D eigenvalue weighted by Crippen LogP contribution is 2.24. The van der Waals surface area contributed by atoms with Crippen molar-refractivity contribution in [3.05, 3.63) is 21.3 Å². The van der Waals surface area contributed by atoms with Crippen LogP contribution < -0.4 is 5.73 Å². The zero-order valence-electron chi connectivity index (χ0n) is 10.6. The van der Waals surface area contributed by atoms with Gasteiger partial charge in [0.05, 0.1) is 16.1 Å². The van der Waals surface area contributed by atoms with Crippen LogP contribution in [0.4, 0.5) is 0 Å². The minimum Gasteiger partial charge on any atom is -0.392 e. The van der Waals surface area contributed by atoms with Gasteiger partial charge in [-0.3, -0.25) is 9.69 Å². The zero-order chi connectivity index (χ0) is 14.0. The molecule has 1 aromatic rings. The second-order valence-corrected chi connectivity index (χ2v) is 6.30. The van der Waals surface area contributed by atoms with E-state index in [0.717, 1.165) is 13.1 Å². The van der Waals surface area contributed by atoms with Crippen molar-refractivity contribution in [2.75, 3.05) is 26.2 Å². The Morgan fingerprint density at radius 1 is 1.47 bits per heavy atom. The molecular formula is C12H16ClN3OS2. The van der Waals surface area contributed by atoms with E-state index in [1.807, 2.05) is 17.2 Å². The van der Waals surface area contributed by atoms with Crippen molar-refractivity contribution in [2.24, 2.45) is 5.73 Å². The predicted molar refractivity (Wildman–Crippen MR) is 83.1 cm³/mol. The average molecular weight is 318 g/mol. The Hall–Kier alpha value is -0.690. The van der Waals surface area contributed by atoms with E-state index >= 15 is 0 Å². The van der Waals surface area contributed by atoms with Gasteiger partial charge in [0.15, 0.2) is 0 Å². The largest absolute Gasteiger partial charge is 0.392 e. The number of halogens is 1. The van der Waals surface area contributed by atoms with Crippen LogP contribution in [0.5, 0.6) is 0 Å². The Labute approximate surface area is 127 Å². The summed E-state index contributed by atoms with van der Waals surface area (Å²) >= 11 is 12.4. The van der Waals surface area contributed by atoms with E-state index in [1.54, 1.807) is 6.07 Å². The second kappa shape index (κ2) is 6.17. The quantitative estimate of drug-likeness (QED) is 0.864. The molecular weight excluding hydrogens is 302 g/mol. The molecule has 0 radical (unpaired) electrons. The van der Waals surface area contributed by atoms with Gasteiger partial charge in [-0.05, 0) is 18.4 Å². The molecule has 7 heteroatoms. The molecule has 0 aromatic carbocycles. The van der Waals surface area contributed by atoms with Crippen LogP contribution in [0.1, 0.15) is 16.6 Å². The summed E-state index contributed by atoms with van der Waals surface area (Å²) in [6, 6.07) is 1.84. The van der Waals surface area contributed by atoms with E-state index in [0.29, 0.717) is 28.0 Å². The van der Waals surface area contributed by atoms with Crippen molar-refractivity contribution >= 4 is 46.1 Å². The van der Waals surface area contributed by atoms with Crippen molar-refractivity contribution in [3.8, 4) is 0 Å². The van der Waals surface area contributed by atoms with E-state index in [2.05, 4.69) is 4.90 Å². The van der Waals surface area contributed by atoms with Crippen LogP contribution in [-0.2, 0) is 0 Å². The summed E-state index contributed by atoms with van der Waals surface area (Å²) in [4.78, 5) is 17.4. The number of piperazine rings is 1. The topological polar surface area (TPSA) is 49.6 Å². The fourth-order valence-corrected chi connectivity index (χ4v) is 3.33. The number of nitrogens with two attached hydrogens (primary N) is 1. The van der Waals surface area contributed by atoms with Crippen molar-refractivity contribution in [3.63, 3.8) is 0 Å². The highest BCUT2D eigenvalue weighted by molar-refractivity contribution is 7.80. The van der Waals surface area contributed by atoms with Crippen LogP contribution in [0, 0.1) is 0 Å². The Bertz CT molecular complexity index is 483. The van der Waals surface area contributed by atoms with Gasteiger partial charge in [-0.1, -0.05) is 23.8 Å². The van der Waals surface area contributed by atoms with Crippen LogP contribution in [0.3, 0.4) is 0 Å². The van der Waals surface area contributed by atoms with Crippen LogP contribution in [0.25, 0.3) is 0 Å². The molecule has 2 rings (SSSR count). The molecule has 104 valence electrons. The van der Waals surface area contributed by atoms with Gasteiger partial charge in [0.25, 0.3) is 5.91 Å². The van der Waals surface area contributed by atoms with E-state index < -0.39 is 0 Å². The number of amides is 1. The molecule has 1 aliphatic heterocycles. The van der Waals surface area contributed by atoms with Gasteiger partial charge in [0.1, 0.15) is 4.88 Å². The molecule has 0 aliphatic carbocycles. The first-order chi connectivity index (χ1) is 9.00. The zero-order valence-corrected chi connectivity index (χ0v) is 13.0. The first-order valence-electron chi connectivity index (χ1n) is 6.06. The summed E-state index contributed by atoms with van der Waals surface area (Å²) in [6.45, 7) is 4.93. The molecule has 1 unspecified atom stereocenters. The summed E-state index contributed by atoms with van der Waals surface area (Å²) < 4.78 is 0. The Morgan fingerprint density at radius 2 is 2.11 bits per heavy atom. The standard InChI is InChI=1S/C12H16ClN3OS2/c1-8(11(14)18)15-3-5-16(6-4-15)12(17)10-9(13)2-7-19-10/h2,7-8H,3-6H2,1H3,(H2,14,18). The van der Waals surface area contributed by atoms with Crippen LogP contribution >= 0.6 is 35.2 Å². The lowest BCUT2D eigenvalue weighted by Gasteiger charge is -2.37. The van der Waals surface area contributed by atoms with E-state index in [9.17, 15) is 4.79 Å². The molecule has 19 heavy (non-hydrogen) atoms. The lowest BCUT2D eigenvalue weighted by Crippen LogP contribution is -2.53. The second-order valence-electron chi connectivity index (χ2n) is 4.50. The fraction of sp³-hybridized carbons (Fsp3) is 0.500. The molecule has 1 amide bonds. The van der Waals surface area contributed by atoms with Gasteiger partial charge in [-0.25, -0.2) is 0 Å². The number of carbonyl (C=O) groups excluding carboxylic acids is 1. The summed E-state index contributed by atoms with van der Waals surface area (Å²) in [5.74, 6) is 0.0163. The molecule has 0 saturated carbocycles. The molecule has 0 spiro atoms. The molecule has 1 fully saturated rings. The normalized spacial score (nSPS) is 18.3. The molecule has 1 aliphatic rings. The molecule has 0 bridgehead atoms. The number of hydrogen-bond donors (Lipinski definition) is 1. The first-order valence-corrected chi connectivity index (χ1v) is 7.73. The predicted octanol–water partition coefficient (Wildman–Crippen LogP) is 1.83. The third-order valence-corrected chi connectivity index (χ3v) is 5.04. The van der Waals surface area contributed by atoms with Crippen molar-refractivity contribution in [2.45, 2.75) is 13.0 Å². The highest BCUT2D eigenvalue weighted by atomic mass is 35.5. The molecule has 2 heterocycles. The fourth-order valence-electron chi connectivity index (χ4n) is 2.08. The maximum absolute atomic E-state index is 12.3. The monoisotopic (exact) mass is 317 g/mol. The first kappa shape index (κ1) is 14.7. The lowest BCUT2D eigenvalue weighted by atomic mass is 10.2. The van der Waals surface area contributed by atoms with Gasteiger partial charge in [0, 0.05) is 26.2 Å². The van der Waals surface area contributed by atoms with Gasteiger partial charge in [-0.15, -0.1) is 11.3 Å². The van der Waals surface area contributed by atoms with Crippen LogP contribution in [0.2, 0.25) is 5.02 Å². The highest BCUT2D eigenvalue weighted by Gasteiger charge is 2.26. The summed E-state index contributed by atoms with van der Waals surface area (Å²) in [7, 11) is 0. The van der Waals surface area contributed by atoms with Crippen molar-refractivity contribution < 1.29 is 4.79 Å². The SMILES string of the molecule is CC(C(N)=S)N1CCN(C(=O)c2sccc2Cl)CC1. The lowest BCUT2D eigenvalue weighted by molar-refractivity contribution is 0.0626. The number of thiophene rings is 1. The molecule has 1 saturated heterocycles. The summed E-state index contributed by atoms with van der Waals surface area (Å²) in [5.41, 5.74) is 5.65. The molecule has 1 atom stereocenters. The third-order valence-electron chi connectivity index (χ3n) is 3.37. The Kier molecular flexibility index (Phi) is 4.78. The number of carbonyl (C=O) groups is 1. The van der Waals surface area contributed by atoms with Gasteiger partial charge in [0.2, 0.25) is 0 Å².